The number of nitrogens with one attached hydrogen (secondary N) is 1. The van der Waals surface area contributed by atoms with E-state index in [-0.39, 0.29) is 0 Å². The van der Waals surface area contributed by atoms with E-state index < -0.39 is 0 Å². The predicted octanol–water partition coefficient (Wildman–Crippen LogP) is 2.55. The monoisotopic (exact) mass is 280 g/mol. The fourth-order valence-electron chi connectivity index (χ4n) is 2.03. The Morgan fingerprint density at radius 3 is 2.62 bits per heavy atom. The molecule has 2 heterocycles. The van der Waals surface area contributed by atoms with Crippen LogP contribution in [0.2, 0.25) is 0 Å². The summed E-state index contributed by atoms with van der Waals surface area (Å²) in [5, 5.41) is 8.14. The lowest BCUT2D eigenvalue weighted by molar-refractivity contribution is 0.643. The molecule has 0 atom stereocenters. The van der Waals surface area contributed by atoms with Crippen molar-refractivity contribution in [3.05, 3.63) is 36.2 Å². The van der Waals surface area contributed by atoms with Crippen LogP contribution in [0.5, 0.6) is 0 Å². The summed E-state index contributed by atoms with van der Waals surface area (Å²) < 4.78 is 0. The number of hydrogen-bond acceptors (Lipinski definition) is 4. The Hall–Kier alpha value is -2.76. The van der Waals surface area contributed by atoms with Gasteiger partial charge in [0.15, 0.2) is 11.5 Å². The highest BCUT2D eigenvalue weighted by atomic mass is 15.2. The molecular formula is C15H16N6. The molecule has 0 aliphatic rings. The Morgan fingerprint density at radius 2 is 1.90 bits per heavy atom. The van der Waals surface area contributed by atoms with E-state index >= 15 is 0 Å². The highest BCUT2D eigenvalue weighted by molar-refractivity contribution is 5.98. The topological polar surface area (TPSA) is 70.1 Å². The summed E-state index contributed by atoms with van der Waals surface area (Å²) in [6, 6.07) is 8.19. The molecule has 2 aromatic heterocycles. The maximum absolute atomic E-state index is 4.40. The Labute approximate surface area is 122 Å². The number of H-pyrrole nitrogens is 1. The van der Waals surface area contributed by atoms with Crippen molar-refractivity contribution in [1.82, 2.24) is 25.1 Å². The van der Waals surface area contributed by atoms with Crippen molar-refractivity contribution in [1.29, 1.82) is 0 Å². The van der Waals surface area contributed by atoms with E-state index in [9.17, 15) is 0 Å². The molecule has 0 aliphatic carbocycles. The van der Waals surface area contributed by atoms with Gasteiger partial charge in [-0.3, -0.25) is 5.10 Å². The van der Waals surface area contributed by atoms with Crippen molar-refractivity contribution in [2.75, 3.05) is 14.1 Å². The Morgan fingerprint density at radius 1 is 1.14 bits per heavy atom. The van der Waals surface area contributed by atoms with Gasteiger partial charge in [-0.1, -0.05) is 29.8 Å². The minimum absolute atomic E-state index is 0.609. The van der Waals surface area contributed by atoms with Crippen molar-refractivity contribution in [3.63, 3.8) is 0 Å². The third-order valence-corrected chi connectivity index (χ3v) is 3.07. The number of nitrogens with zero attached hydrogens (tertiary/aromatic N) is 5. The number of aryl methyl sites for hydroxylation is 1. The fraction of sp³-hybridized carbons (Fsp3) is 0.200. The van der Waals surface area contributed by atoms with Crippen LogP contribution < -0.4 is 0 Å². The Kier molecular flexibility index (Phi) is 3.35. The first-order valence-corrected chi connectivity index (χ1v) is 6.62. The first-order chi connectivity index (χ1) is 10.1. The van der Waals surface area contributed by atoms with Gasteiger partial charge in [-0.25, -0.2) is 15.0 Å². The van der Waals surface area contributed by atoms with Gasteiger partial charge in [0.25, 0.3) is 0 Å². The SMILES string of the molecule is Cc1ccc(-c2n[nH]c3ncnc(/N=C/N(C)C)c23)cc1. The van der Waals surface area contributed by atoms with Gasteiger partial charge >= 0.3 is 0 Å². The lowest BCUT2D eigenvalue weighted by atomic mass is 10.1. The van der Waals surface area contributed by atoms with Crippen LogP contribution in [0.4, 0.5) is 5.82 Å². The van der Waals surface area contributed by atoms with Crippen LogP contribution in [-0.4, -0.2) is 45.5 Å². The third kappa shape index (κ3) is 2.60. The second-order valence-corrected chi connectivity index (χ2v) is 5.07. The molecule has 0 saturated heterocycles. The second kappa shape index (κ2) is 5.32. The second-order valence-electron chi connectivity index (χ2n) is 5.07. The molecule has 106 valence electrons. The van der Waals surface area contributed by atoms with Gasteiger partial charge < -0.3 is 4.90 Å². The third-order valence-electron chi connectivity index (χ3n) is 3.07. The number of fused-ring (bicyclic) bond motifs is 1. The van der Waals surface area contributed by atoms with Gasteiger partial charge in [0.1, 0.15) is 12.0 Å². The molecule has 0 fully saturated rings. The summed E-state index contributed by atoms with van der Waals surface area (Å²) in [7, 11) is 3.83. The van der Waals surface area contributed by atoms with Gasteiger partial charge in [-0.05, 0) is 6.92 Å². The van der Waals surface area contributed by atoms with Crippen LogP contribution in [0.15, 0.2) is 35.6 Å². The minimum Gasteiger partial charge on any atom is -0.369 e. The van der Waals surface area contributed by atoms with Gasteiger partial charge in [0, 0.05) is 19.7 Å². The van der Waals surface area contributed by atoms with E-state index in [0.717, 1.165) is 16.6 Å². The van der Waals surface area contributed by atoms with E-state index in [1.54, 1.807) is 6.34 Å². The zero-order chi connectivity index (χ0) is 14.8. The van der Waals surface area contributed by atoms with E-state index in [2.05, 4.69) is 44.2 Å². The van der Waals surface area contributed by atoms with Crippen LogP contribution in [0.3, 0.4) is 0 Å². The summed E-state index contributed by atoms with van der Waals surface area (Å²) >= 11 is 0. The van der Waals surface area contributed by atoms with Crippen molar-refractivity contribution >= 4 is 23.2 Å². The molecule has 0 amide bonds. The average molecular weight is 280 g/mol. The van der Waals surface area contributed by atoms with Gasteiger partial charge in [0.05, 0.1) is 11.7 Å². The summed E-state index contributed by atoms with van der Waals surface area (Å²) in [4.78, 5) is 14.7. The standard InChI is InChI=1S/C15H16N6/c1-10-4-6-11(7-5-10)13-12-14(18-9-21(2)3)16-8-17-15(12)20-19-13/h4-9H,1-3H3,(H,16,17,19,20)/b18-9+. The summed E-state index contributed by atoms with van der Waals surface area (Å²) in [5.74, 6) is 0.609. The lowest BCUT2D eigenvalue weighted by Crippen LogP contribution is -2.07. The van der Waals surface area contributed by atoms with Crippen molar-refractivity contribution in [2.24, 2.45) is 4.99 Å². The van der Waals surface area contributed by atoms with Crippen molar-refractivity contribution < 1.29 is 0 Å². The predicted molar refractivity (Wildman–Crippen MR) is 83.7 cm³/mol. The maximum atomic E-state index is 4.40. The Bertz CT molecular complexity index is 786. The zero-order valence-electron chi connectivity index (χ0n) is 12.2. The normalized spacial score (nSPS) is 11.4. The number of benzene rings is 1. The molecule has 6 heteroatoms. The van der Waals surface area contributed by atoms with E-state index in [4.69, 9.17) is 0 Å². The molecule has 0 radical (unpaired) electrons. The lowest BCUT2D eigenvalue weighted by Gasteiger charge is -2.03. The molecule has 6 nitrogen and oxygen atoms in total. The smallest absolute Gasteiger partial charge is 0.168 e. The maximum Gasteiger partial charge on any atom is 0.168 e. The summed E-state index contributed by atoms with van der Waals surface area (Å²) in [5.41, 5.74) is 3.73. The minimum atomic E-state index is 0.609. The summed E-state index contributed by atoms with van der Waals surface area (Å²) in [6.45, 7) is 2.06. The van der Waals surface area contributed by atoms with Crippen LogP contribution in [0.25, 0.3) is 22.3 Å². The first kappa shape index (κ1) is 13.2. The number of rotatable bonds is 3. The van der Waals surface area contributed by atoms with Crippen molar-refractivity contribution in [3.8, 4) is 11.3 Å². The zero-order valence-corrected chi connectivity index (χ0v) is 12.2. The number of aromatic amines is 1. The molecule has 0 bridgehead atoms. The number of hydrogen-bond donors (Lipinski definition) is 1. The van der Waals surface area contributed by atoms with Crippen LogP contribution in [0.1, 0.15) is 5.56 Å². The van der Waals surface area contributed by atoms with Gasteiger partial charge in [-0.2, -0.15) is 5.10 Å². The molecule has 0 unspecified atom stereocenters. The Balaban J connectivity index is 2.17. The van der Waals surface area contributed by atoms with Crippen LogP contribution in [0, 0.1) is 6.92 Å². The highest BCUT2D eigenvalue weighted by Gasteiger charge is 2.13. The number of aliphatic imine (C=N–C) groups is 1. The van der Waals surface area contributed by atoms with Gasteiger partial charge in [0.2, 0.25) is 0 Å². The molecule has 3 rings (SSSR count). The molecule has 1 aromatic carbocycles. The first-order valence-electron chi connectivity index (χ1n) is 6.62. The fourth-order valence-corrected chi connectivity index (χ4v) is 2.03. The largest absolute Gasteiger partial charge is 0.369 e. The van der Waals surface area contributed by atoms with Crippen molar-refractivity contribution in [2.45, 2.75) is 6.92 Å². The average Bonchev–Trinajstić information content (AvgIpc) is 2.90. The molecule has 1 N–H and O–H groups in total. The highest BCUT2D eigenvalue weighted by Crippen LogP contribution is 2.31. The van der Waals surface area contributed by atoms with Crippen LogP contribution >= 0.6 is 0 Å². The molecule has 3 aromatic rings. The van der Waals surface area contributed by atoms with Gasteiger partial charge in [-0.15, -0.1) is 0 Å². The van der Waals surface area contributed by atoms with E-state index in [1.165, 1.54) is 11.9 Å². The molecule has 0 aliphatic heterocycles. The van der Waals surface area contributed by atoms with Crippen LogP contribution in [-0.2, 0) is 0 Å². The molecule has 21 heavy (non-hydrogen) atoms. The quantitative estimate of drug-likeness (QED) is 0.591. The number of aromatic nitrogens is 4. The molecule has 0 saturated carbocycles. The van der Waals surface area contributed by atoms with E-state index in [0.29, 0.717) is 11.5 Å². The van der Waals surface area contributed by atoms with E-state index in [1.807, 2.05) is 31.1 Å². The molecule has 0 spiro atoms. The summed E-state index contributed by atoms with van der Waals surface area (Å²) in [6.07, 6.45) is 3.20. The molecular weight excluding hydrogens is 264 g/mol.